The SMILES string of the molecule is C=C=C1CCN(C)CC1. The molecule has 0 amide bonds. The summed E-state index contributed by atoms with van der Waals surface area (Å²) in [6.45, 7) is 5.99. The highest BCUT2D eigenvalue weighted by atomic mass is 15.1. The molecule has 1 heteroatoms. The Bertz CT molecular complexity index is 133. The number of hydrogen-bond donors (Lipinski definition) is 0. The molecule has 0 spiro atoms. The van der Waals surface area contributed by atoms with Gasteiger partial charge in [-0.2, -0.15) is 0 Å². The first-order valence-corrected chi connectivity index (χ1v) is 3.39. The minimum absolute atomic E-state index is 1.17. The maximum atomic E-state index is 3.63. The van der Waals surface area contributed by atoms with Crippen LogP contribution in [0.25, 0.3) is 0 Å². The lowest BCUT2D eigenvalue weighted by Crippen LogP contribution is -2.25. The molecule has 1 aliphatic heterocycles. The largest absolute Gasteiger partial charge is 0.306 e. The summed E-state index contributed by atoms with van der Waals surface area (Å²) < 4.78 is 0. The standard InChI is InChI=1S/C8H13N/c1-3-8-4-6-9(2)7-5-8/h1,4-7H2,2H3. The van der Waals surface area contributed by atoms with Crippen LogP contribution in [0.15, 0.2) is 17.9 Å². The van der Waals surface area contributed by atoms with Gasteiger partial charge in [-0.15, -0.1) is 5.73 Å². The smallest absolute Gasteiger partial charge is 0.00218 e. The third-order valence-electron chi connectivity index (χ3n) is 1.84. The van der Waals surface area contributed by atoms with Gasteiger partial charge in [-0.1, -0.05) is 6.58 Å². The van der Waals surface area contributed by atoms with Gasteiger partial charge in [0.2, 0.25) is 0 Å². The summed E-state index contributed by atoms with van der Waals surface area (Å²) in [5.41, 5.74) is 4.36. The summed E-state index contributed by atoms with van der Waals surface area (Å²) in [7, 11) is 2.15. The highest BCUT2D eigenvalue weighted by molar-refractivity contribution is 5.02. The van der Waals surface area contributed by atoms with Crippen LogP contribution < -0.4 is 0 Å². The minimum Gasteiger partial charge on any atom is -0.306 e. The molecule has 1 nitrogen and oxygen atoms in total. The Balaban J connectivity index is 2.44. The van der Waals surface area contributed by atoms with Crippen LogP contribution in [0.1, 0.15) is 12.8 Å². The lowest BCUT2D eigenvalue weighted by atomic mass is 10.1. The van der Waals surface area contributed by atoms with Crippen LogP contribution in [0.5, 0.6) is 0 Å². The Morgan fingerprint density at radius 3 is 2.44 bits per heavy atom. The lowest BCUT2D eigenvalue weighted by molar-refractivity contribution is 0.313. The third kappa shape index (κ3) is 1.70. The molecule has 0 radical (unpaired) electrons. The molecular weight excluding hydrogens is 110 g/mol. The molecule has 0 bridgehead atoms. The van der Waals surface area contributed by atoms with Crippen molar-refractivity contribution >= 4 is 0 Å². The predicted octanol–water partition coefficient (Wildman–Crippen LogP) is 1.42. The van der Waals surface area contributed by atoms with Crippen molar-refractivity contribution in [3.8, 4) is 0 Å². The second-order valence-corrected chi connectivity index (χ2v) is 2.58. The van der Waals surface area contributed by atoms with E-state index in [4.69, 9.17) is 0 Å². The summed E-state index contributed by atoms with van der Waals surface area (Å²) in [6, 6.07) is 0. The van der Waals surface area contributed by atoms with Gasteiger partial charge in [0.1, 0.15) is 0 Å². The van der Waals surface area contributed by atoms with Gasteiger partial charge in [-0.05, 0) is 25.5 Å². The van der Waals surface area contributed by atoms with Crippen LogP contribution in [0.2, 0.25) is 0 Å². The predicted molar refractivity (Wildman–Crippen MR) is 39.4 cm³/mol. The first-order chi connectivity index (χ1) is 4.33. The molecule has 0 aromatic heterocycles. The van der Waals surface area contributed by atoms with Crippen LogP contribution in [0.4, 0.5) is 0 Å². The van der Waals surface area contributed by atoms with Crippen molar-refractivity contribution in [2.45, 2.75) is 12.8 Å². The number of nitrogens with zero attached hydrogens (tertiary/aromatic N) is 1. The summed E-state index contributed by atoms with van der Waals surface area (Å²) in [4.78, 5) is 2.33. The molecule has 0 N–H and O–H groups in total. The molecule has 9 heavy (non-hydrogen) atoms. The fraction of sp³-hybridized carbons (Fsp3) is 0.625. The van der Waals surface area contributed by atoms with Crippen molar-refractivity contribution in [1.29, 1.82) is 0 Å². The molecule has 0 saturated carbocycles. The van der Waals surface area contributed by atoms with E-state index in [1.165, 1.54) is 31.5 Å². The van der Waals surface area contributed by atoms with Crippen LogP contribution in [0, 0.1) is 0 Å². The van der Waals surface area contributed by atoms with Gasteiger partial charge < -0.3 is 4.90 Å². The minimum atomic E-state index is 1.17. The van der Waals surface area contributed by atoms with Gasteiger partial charge >= 0.3 is 0 Å². The molecule has 50 valence electrons. The molecule has 0 atom stereocenters. The molecule has 1 saturated heterocycles. The molecule has 1 aliphatic rings. The van der Waals surface area contributed by atoms with E-state index in [1.807, 2.05) is 0 Å². The molecule has 0 aliphatic carbocycles. The second-order valence-electron chi connectivity index (χ2n) is 2.58. The van der Waals surface area contributed by atoms with E-state index in [0.717, 1.165) is 0 Å². The number of hydrogen-bond acceptors (Lipinski definition) is 1. The van der Waals surface area contributed by atoms with Crippen molar-refractivity contribution < 1.29 is 0 Å². The second kappa shape index (κ2) is 2.86. The quantitative estimate of drug-likeness (QED) is 0.440. The van der Waals surface area contributed by atoms with E-state index in [9.17, 15) is 0 Å². The number of rotatable bonds is 0. The van der Waals surface area contributed by atoms with Crippen molar-refractivity contribution in [3.05, 3.63) is 17.9 Å². The Morgan fingerprint density at radius 1 is 1.44 bits per heavy atom. The monoisotopic (exact) mass is 123 g/mol. The zero-order valence-electron chi connectivity index (χ0n) is 5.98. The van der Waals surface area contributed by atoms with Gasteiger partial charge in [0.05, 0.1) is 0 Å². The highest BCUT2D eigenvalue weighted by Crippen LogP contribution is 2.11. The number of likely N-dealkylation sites (tertiary alicyclic amines) is 1. The van der Waals surface area contributed by atoms with Gasteiger partial charge in [-0.3, -0.25) is 0 Å². The Hall–Kier alpha value is -0.520. The molecular formula is C8H13N. The summed E-state index contributed by atoms with van der Waals surface area (Å²) >= 11 is 0. The topological polar surface area (TPSA) is 3.24 Å². The van der Waals surface area contributed by atoms with Crippen LogP contribution >= 0.6 is 0 Å². The zero-order valence-corrected chi connectivity index (χ0v) is 5.98. The van der Waals surface area contributed by atoms with Crippen LogP contribution in [-0.4, -0.2) is 25.0 Å². The summed E-state index contributed by atoms with van der Waals surface area (Å²) in [6.07, 6.45) is 2.33. The third-order valence-corrected chi connectivity index (χ3v) is 1.84. The van der Waals surface area contributed by atoms with E-state index in [0.29, 0.717) is 0 Å². The first-order valence-electron chi connectivity index (χ1n) is 3.39. The summed E-state index contributed by atoms with van der Waals surface area (Å²) in [5, 5.41) is 0. The average molecular weight is 123 g/mol. The molecule has 1 rings (SSSR count). The first kappa shape index (κ1) is 6.60. The summed E-state index contributed by atoms with van der Waals surface area (Å²) in [5.74, 6) is 0. The molecule has 1 fully saturated rings. The van der Waals surface area contributed by atoms with Crippen molar-refractivity contribution in [2.75, 3.05) is 20.1 Å². The van der Waals surface area contributed by atoms with E-state index in [2.05, 4.69) is 24.3 Å². The van der Waals surface area contributed by atoms with E-state index in [1.54, 1.807) is 0 Å². The van der Waals surface area contributed by atoms with Gasteiger partial charge in [0.25, 0.3) is 0 Å². The van der Waals surface area contributed by atoms with Gasteiger partial charge in [0, 0.05) is 13.1 Å². The van der Waals surface area contributed by atoms with Gasteiger partial charge in [-0.25, -0.2) is 0 Å². The zero-order chi connectivity index (χ0) is 6.69. The lowest BCUT2D eigenvalue weighted by Gasteiger charge is -2.22. The van der Waals surface area contributed by atoms with Gasteiger partial charge in [0.15, 0.2) is 0 Å². The Morgan fingerprint density at radius 2 is 2.00 bits per heavy atom. The fourth-order valence-corrected chi connectivity index (χ4v) is 1.07. The molecule has 1 heterocycles. The molecule has 0 aromatic rings. The van der Waals surface area contributed by atoms with Crippen LogP contribution in [0.3, 0.4) is 0 Å². The number of piperidine rings is 1. The highest BCUT2D eigenvalue weighted by Gasteiger charge is 2.07. The Kier molecular flexibility index (Phi) is 2.10. The van der Waals surface area contributed by atoms with E-state index in [-0.39, 0.29) is 0 Å². The van der Waals surface area contributed by atoms with E-state index < -0.39 is 0 Å². The van der Waals surface area contributed by atoms with E-state index >= 15 is 0 Å². The molecule has 0 aromatic carbocycles. The molecule has 0 unspecified atom stereocenters. The maximum Gasteiger partial charge on any atom is 0.00218 e. The van der Waals surface area contributed by atoms with Crippen molar-refractivity contribution in [1.82, 2.24) is 4.90 Å². The average Bonchev–Trinajstić information content (AvgIpc) is 1.90. The van der Waals surface area contributed by atoms with Crippen molar-refractivity contribution in [3.63, 3.8) is 0 Å². The van der Waals surface area contributed by atoms with Crippen molar-refractivity contribution in [2.24, 2.45) is 0 Å². The normalized spacial score (nSPS) is 21.7. The fourth-order valence-electron chi connectivity index (χ4n) is 1.07. The maximum absolute atomic E-state index is 3.63. The van der Waals surface area contributed by atoms with Crippen LogP contribution in [-0.2, 0) is 0 Å². The Labute approximate surface area is 56.7 Å².